The Morgan fingerprint density at radius 2 is 1.84 bits per heavy atom. The lowest BCUT2D eigenvalue weighted by molar-refractivity contribution is -0.291. The van der Waals surface area contributed by atoms with Crippen LogP contribution in [-0.4, -0.2) is 57.1 Å². The molecule has 1 heterocycles. The first kappa shape index (κ1) is 25.6. The molecule has 2 unspecified atom stereocenters. The van der Waals surface area contributed by atoms with E-state index >= 15 is 0 Å². The molecule has 1 aromatic rings. The molecule has 0 bridgehead atoms. The minimum absolute atomic E-state index is 0.00680. The van der Waals surface area contributed by atoms with Crippen LogP contribution in [-0.2, 0) is 39.8 Å². The summed E-state index contributed by atoms with van der Waals surface area (Å²) < 4.78 is 33.3. The third kappa shape index (κ3) is 7.47. The van der Waals surface area contributed by atoms with E-state index in [2.05, 4.69) is 13.2 Å². The zero-order valence-electron chi connectivity index (χ0n) is 18.6. The van der Waals surface area contributed by atoms with Crippen LogP contribution in [0.4, 0.5) is 4.79 Å². The molecule has 0 spiro atoms. The highest BCUT2D eigenvalue weighted by atomic mass is 16.8. The van der Waals surface area contributed by atoms with Gasteiger partial charge in [0.05, 0.1) is 20.3 Å². The van der Waals surface area contributed by atoms with Gasteiger partial charge in [0.2, 0.25) is 0 Å². The highest BCUT2D eigenvalue weighted by Crippen LogP contribution is 2.32. The van der Waals surface area contributed by atoms with Gasteiger partial charge in [-0.15, -0.1) is 6.58 Å². The number of hydrogen-bond donors (Lipinski definition) is 0. The second-order valence-corrected chi connectivity index (χ2v) is 7.30. The van der Waals surface area contributed by atoms with Crippen LogP contribution in [0.3, 0.4) is 0 Å². The fourth-order valence-corrected chi connectivity index (χ4v) is 3.33. The van der Waals surface area contributed by atoms with E-state index in [1.54, 1.807) is 13.0 Å². The Balaban J connectivity index is 2.25. The molecule has 5 atom stereocenters. The fraction of sp³-hybridized carbons (Fsp3) is 0.500. The third-order valence-corrected chi connectivity index (χ3v) is 4.97. The maximum absolute atomic E-state index is 12.4. The van der Waals surface area contributed by atoms with E-state index in [4.69, 9.17) is 28.4 Å². The van der Waals surface area contributed by atoms with Crippen molar-refractivity contribution in [3.8, 4) is 0 Å². The first-order valence-electron chi connectivity index (χ1n) is 10.6. The highest BCUT2D eigenvalue weighted by Gasteiger charge is 2.50. The molecule has 1 fully saturated rings. The maximum atomic E-state index is 12.4. The number of unbranched alkanes of at least 4 members (excludes halogenated alkanes) is 1. The molecule has 0 amide bonds. The Morgan fingerprint density at radius 1 is 1.09 bits per heavy atom. The molecule has 1 aromatic carbocycles. The molecule has 8 heteroatoms. The summed E-state index contributed by atoms with van der Waals surface area (Å²) in [6.07, 6.45) is 0.0546. The standard InChI is InChI=1S/C24H32O8/c1-5-7-11-15-28-23-21(32-24(26)29-14-6-2)19(17(3)20(31-23)22(25)27-4)30-16-18-12-9-8-10-13-18/h5-6,8-10,12-13,17,19-21,23H,1-2,7,11,14-16H2,3-4H3/t17-,19+,20?,21?,23-/m0/s1. The first-order chi connectivity index (χ1) is 15.5. The summed E-state index contributed by atoms with van der Waals surface area (Å²) >= 11 is 0. The minimum atomic E-state index is -1.04. The average Bonchev–Trinajstić information content (AvgIpc) is 2.81. The van der Waals surface area contributed by atoms with Gasteiger partial charge in [0.25, 0.3) is 0 Å². The van der Waals surface area contributed by atoms with E-state index in [-0.39, 0.29) is 13.2 Å². The number of carbonyl (C=O) groups is 2. The van der Waals surface area contributed by atoms with Crippen molar-refractivity contribution in [3.05, 3.63) is 61.2 Å². The molecule has 0 aromatic heterocycles. The quantitative estimate of drug-likeness (QED) is 0.271. The predicted octanol–water partition coefficient (Wildman–Crippen LogP) is 3.80. The molecule has 1 saturated heterocycles. The van der Waals surface area contributed by atoms with Gasteiger partial charge in [-0.3, -0.25) is 0 Å². The second kappa shape index (κ2) is 13.7. The summed E-state index contributed by atoms with van der Waals surface area (Å²) in [5.41, 5.74) is 0.928. The normalized spacial score (nSPS) is 24.9. The van der Waals surface area contributed by atoms with Crippen LogP contribution in [0.5, 0.6) is 0 Å². The van der Waals surface area contributed by atoms with Gasteiger partial charge in [-0.05, 0) is 18.4 Å². The van der Waals surface area contributed by atoms with Crippen LogP contribution in [0, 0.1) is 5.92 Å². The van der Waals surface area contributed by atoms with Gasteiger partial charge in [0, 0.05) is 5.92 Å². The third-order valence-electron chi connectivity index (χ3n) is 4.97. The largest absolute Gasteiger partial charge is 0.509 e. The van der Waals surface area contributed by atoms with Crippen LogP contribution in [0.25, 0.3) is 0 Å². The first-order valence-corrected chi connectivity index (χ1v) is 10.6. The second-order valence-electron chi connectivity index (χ2n) is 7.30. The Morgan fingerprint density at radius 3 is 2.50 bits per heavy atom. The topological polar surface area (TPSA) is 89.5 Å². The number of esters is 1. The summed E-state index contributed by atoms with van der Waals surface area (Å²) in [6.45, 7) is 9.53. The van der Waals surface area contributed by atoms with E-state index in [0.717, 1.165) is 12.0 Å². The molecule has 0 saturated carbocycles. The van der Waals surface area contributed by atoms with E-state index in [1.165, 1.54) is 13.2 Å². The van der Waals surface area contributed by atoms with Gasteiger partial charge >= 0.3 is 12.1 Å². The van der Waals surface area contributed by atoms with Crippen LogP contribution < -0.4 is 0 Å². The Kier molecular flexibility index (Phi) is 10.9. The monoisotopic (exact) mass is 448 g/mol. The van der Waals surface area contributed by atoms with E-state index in [0.29, 0.717) is 13.0 Å². The van der Waals surface area contributed by atoms with Crippen molar-refractivity contribution in [3.63, 3.8) is 0 Å². The van der Waals surface area contributed by atoms with Crippen LogP contribution in [0.15, 0.2) is 55.6 Å². The predicted molar refractivity (Wildman–Crippen MR) is 117 cm³/mol. The van der Waals surface area contributed by atoms with Gasteiger partial charge in [-0.1, -0.05) is 56.0 Å². The van der Waals surface area contributed by atoms with Crippen molar-refractivity contribution in [2.24, 2.45) is 5.92 Å². The molecule has 0 radical (unpaired) electrons. The van der Waals surface area contributed by atoms with E-state index in [1.807, 2.05) is 30.3 Å². The van der Waals surface area contributed by atoms with E-state index in [9.17, 15) is 9.59 Å². The summed E-state index contributed by atoms with van der Waals surface area (Å²) in [4.78, 5) is 24.6. The molecular formula is C24H32O8. The molecule has 1 aliphatic rings. The smallest absolute Gasteiger partial charge is 0.467 e. The van der Waals surface area contributed by atoms with Gasteiger partial charge in [-0.25, -0.2) is 9.59 Å². The van der Waals surface area contributed by atoms with Gasteiger partial charge < -0.3 is 28.4 Å². The lowest BCUT2D eigenvalue weighted by Gasteiger charge is -2.43. The van der Waals surface area contributed by atoms with Crippen molar-refractivity contribution in [2.75, 3.05) is 20.3 Å². The minimum Gasteiger partial charge on any atom is -0.467 e. The molecule has 176 valence electrons. The molecular weight excluding hydrogens is 416 g/mol. The summed E-state index contributed by atoms with van der Waals surface area (Å²) in [5, 5.41) is 0. The highest BCUT2D eigenvalue weighted by molar-refractivity contribution is 5.75. The molecule has 8 nitrogen and oxygen atoms in total. The Labute approximate surface area is 189 Å². The zero-order chi connectivity index (χ0) is 23.3. The molecule has 0 N–H and O–H groups in total. The SMILES string of the molecule is C=CCCCO[C@H]1OC(C(=O)OC)[C@@H](C)[C@@H](OCc2ccccc2)C1OC(=O)OCC=C. The number of ether oxygens (including phenoxy) is 6. The molecule has 32 heavy (non-hydrogen) atoms. The zero-order valence-corrected chi connectivity index (χ0v) is 18.6. The fourth-order valence-electron chi connectivity index (χ4n) is 3.33. The molecule has 1 aliphatic heterocycles. The van der Waals surface area contributed by atoms with Gasteiger partial charge in [0.15, 0.2) is 18.5 Å². The number of methoxy groups -OCH3 is 1. The van der Waals surface area contributed by atoms with Crippen molar-refractivity contribution in [1.82, 2.24) is 0 Å². The van der Waals surface area contributed by atoms with E-state index < -0.39 is 42.6 Å². The van der Waals surface area contributed by atoms with Crippen LogP contribution >= 0.6 is 0 Å². The van der Waals surface area contributed by atoms with Crippen LogP contribution in [0.1, 0.15) is 25.3 Å². The Hall–Kier alpha value is -2.68. The lowest BCUT2D eigenvalue weighted by atomic mass is 9.90. The maximum Gasteiger partial charge on any atom is 0.509 e. The average molecular weight is 449 g/mol. The van der Waals surface area contributed by atoms with Gasteiger partial charge in [0.1, 0.15) is 12.7 Å². The number of hydrogen-bond acceptors (Lipinski definition) is 8. The number of benzene rings is 1. The van der Waals surface area contributed by atoms with Crippen LogP contribution in [0.2, 0.25) is 0 Å². The van der Waals surface area contributed by atoms with Crippen molar-refractivity contribution < 1.29 is 38.0 Å². The summed E-state index contributed by atoms with van der Waals surface area (Å²) in [6, 6.07) is 9.53. The number of allylic oxidation sites excluding steroid dienone is 1. The lowest BCUT2D eigenvalue weighted by Crippen LogP contribution is -2.59. The number of carbonyl (C=O) groups excluding carboxylic acids is 2. The number of rotatable bonds is 12. The van der Waals surface area contributed by atoms with Crippen molar-refractivity contribution >= 4 is 12.1 Å². The molecule has 0 aliphatic carbocycles. The summed E-state index contributed by atoms with van der Waals surface area (Å²) in [7, 11) is 1.29. The molecule has 2 rings (SSSR count). The summed E-state index contributed by atoms with van der Waals surface area (Å²) in [5.74, 6) is -1.05. The van der Waals surface area contributed by atoms with Gasteiger partial charge in [-0.2, -0.15) is 0 Å². The van der Waals surface area contributed by atoms with Crippen molar-refractivity contribution in [1.29, 1.82) is 0 Å². The van der Waals surface area contributed by atoms with Crippen molar-refractivity contribution in [2.45, 2.75) is 51.0 Å². The Bertz CT molecular complexity index is 735.